The Balaban J connectivity index is 1.59. The van der Waals surface area contributed by atoms with Gasteiger partial charge in [0.1, 0.15) is 24.4 Å². The lowest BCUT2D eigenvalue weighted by Gasteiger charge is -2.27. The van der Waals surface area contributed by atoms with Gasteiger partial charge in [-0.25, -0.2) is 0 Å². The molecule has 2 aromatic carbocycles. The molecule has 196 valence electrons. The molecule has 2 saturated heterocycles. The first kappa shape index (κ1) is 26.8. The molecule has 0 spiro atoms. The topological polar surface area (TPSA) is 92.5 Å². The lowest BCUT2D eigenvalue weighted by Crippen LogP contribution is -2.23. The van der Waals surface area contributed by atoms with Gasteiger partial charge in [0.25, 0.3) is 0 Å². The highest BCUT2D eigenvalue weighted by atomic mass is 16.6. The fraction of sp³-hybridized carbons (Fsp3) is 0.400. The lowest BCUT2D eigenvalue weighted by molar-refractivity contribution is -0.117. The molecule has 2 aromatic rings. The number of hydrogen-bond acceptors (Lipinski definition) is 5. The van der Waals surface area contributed by atoms with Crippen LogP contribution in [0.1, 0.15) is 56.7 Å². The SMILES string of the molecule is C=CC(=O)NCc1cc(C)c(C(OC(c2cc(C)c(CNC(=O)C=C)cc2C)C2CO2)C2CO2)cc1C. The molecule has 0 bridgehead atoms. The summed E-state index contributed by atoms with van der Waals surface area (Å²) < 4.78 is 18.3. The maximum absolute atomic E-state index is 11.6. The summed E-state index contributed by atoms with van der Waals surface area (Å²) in [6.45, 7) is 17.4. The van der Waals surface area contributed by atoms with Crippen LogP contribution in [-0.2, 0) is 36.9 Å². The van der Waals surface area contributed by atoms with E-state index in [1.54, 1.807) is 0 Å². The average molecular weight is 505 g/mol. The van der Waals surface area contributed by atoms with Gasteiger partial charge in [-0.3, -0.25) is 9.59 Å². The summed E-state index contributed by atoms with van der Waals surface area (Å²) in [5, 5.41) is 5.71. The van der Waals surface area contributed by atoms with Crippen LogP contribution in [0.3, 0.4) is 0 Å². The van der Waals surface area contributed by atoms with E-state index in [0.717, 1.165) is 44.5 Å². The molecule has 4 atom stereocenters. The Morgan fingerprint density at radius 3 is 1.51 bits per heavy atom. The number of nitrogens with one attached hydrogen (secondary N) is 2. The van der Waals surface area contributed by atoms with Crippen molar-refractivity contribution in [2.45, 2.75) is 65.2 Å². The van der Waals surface area contributed by atoms with Crippen molar-refractivity contribution in [2.24, 2.45) is 0 Å². The van der Waals surface area contributed by atoms with Crippen LogP contribution in [0.25, 0.3) is 0 Å². The molecule has 2 fully saturated rings. The highest BCUT2D eigenvalue weighted by Gasteiger charge is 2.43. The number of hydrogen-bond donors (Lipinski definition) is 2. The van der Waals surface area contributed by atoms with Gasteiger partial charge >= 0.3 is 0 Å². The molecule has 2 aliphatic rings. The standard InChI is InChI=1S/C30H36N2O5/c1-7-27(33)31-13-21-9-19(5)23(11-17(21)3)29(25-15-35-25)37-30(26-16-36-26)24-12-18(4)22(10-20(24)6)14-32-28(34)8-2/h7-12,25-26,29-30H,1-2,13-16H2,3-6H3,(H,31,33)(H,32,34). The third-order valence-electron chi connectivity index (χ3n) is 7.03. The van der Waals surface area contributed by atoms with E-state index in [4.69, 9.17) is 14.2 Å². The third kappa shape index (κ3) is 6.55. The summed E-state index contributed by atoms with van der Waals surface area (Å²) in [5.74, 6) is -0.387. The minimum absolute atomic E-state index is 0.0135. The summed E-state index contributed by atoms with van der Waals surface area (Å²) in [7, 11) is 0. The second kappa shape index (κ2) is 11.4. The van der Waals surface area contributed by atoms with E-state index in [-0.39, 0.29) is 36.2 Å². The molecule has 7 heteroatoms. The van der Waals surface area contributed by atoms with Gasteiger partial charge in [-0.1, -0.05) is 37.4 Å². The van der Waals surface area contributed by atoms with Crippen LogP contribution in [0.4, 0.5) is 0 Å². The van der Waals surface area contributed by atoms with Gasteiger partial charge in [-0.15, -0.1) is 0 Å². The van der Waals surface area contributed by atoms with Gasteiger partial charge < -0.3 is 24.8 Å². The predicted molar refractivity (Wildman–Crippen MR) is 142 cm³/mol. The average Bonchev–Trinajstić information content (AvgIpc) is 3.79. The fourth-order valence-corrected chi connectivity index (χ4v) is 4.64. The minimum Gasteiger partial charge on any atom is -0.370 e. The number of amides is 2. The normalized spacial score (nSPS) is 19.5. The van der Waals surface area contributed by atoms with Crippen molar-refractivity contribution in [3.63, 3.8) is 0 Å². The van der Waals surface area contributed by atoms with Crippen molar-refractivity contribution in [2.75, 3.05) is 13.2 Å². The molecular weight excluding hydrogens is 468 g/mol. The monoisotopic (exact) mass is 504 g/mol. The first-order valence-corrected chi connectivity index (χ1v) is 12.6. The summed E-state index contributed by atoms with van der Waals surface area (Å²) in [5.41, 5.74) is 8.62. The van der Waals surface area contributed by atoms with E-state index in [2.05, 4.69) is 61.9 Å². The van der Waals surface area contributed by atoms with E-state index in [1.807, 2.05) is 13.8 Å². The highest BCUT2D eigenvalue weighted by Crippen LogP contribution is 2.42. The van der Waals surface area contributed by atoms with Gasteiger partial charge in [0, 0.05) is 13.1 Å². The van der Waals surface area contributed by atoms with E-state index in [0.29, 0.717) is 26.3 Å². The third-order valence-corrected chi connectivity index (χ3v) is 7.03. The molecule has 4 unspecified atom stereocenters. The van der Waals surface area contributed by atoms with Gasteiger partial charge in [0.05, 0.1) is 13.2 Å². The van der Waals surface area contributed by atoms with Gasteiger partial charge in [0.15, 0.2) is 0 Å². The van der Waals surface area contributed by atoms with Crippen molar-refractivity contribution in [3.05, 3.63) is 94.1 Å². The Hall–Kier alpha value is -3.26. The van der Waals surface area contributed by atoms with E-state index in [9.17, 15) is 9.59 Å². The van der Waals surface area contributed by atoms with Gasteiger partial charge in [-0.05, 0) is 84.4 Å². The number of benzene rings is 2. The zero-order valence-electron chi connectivity index (χ0n) is 22.1. The van der Waals surface area contributed by atoms with Crippen molar-refractivity contribution in [1.82, 2.24) is 10.6 Å². The summed E-state index contributed by atoms with van der Waals surface area (Å²) in [6.07, 6.45) is 2.05. The molecule has 2 N–H and O–H groups in total. The largest absolute Gasteiger partial charge is 0.370 e. The molecule has 2 amide bonds. The summed E-state index contributed by atoms with van der Waals surface area (Å²) in [4.78, 5) is 23.3. The van der Waals surface area contributed by atoms with E-state index >= 15 is 0 Å². The second-order valence-corrected chi connectivity index (χ2v) is 9.84. The maximum atomic E-state index is 11.6. The Kier molecular flexibility index (Phi) is 8.27. The molecular formula is C30H36N2O5. The van der Waals surface area contributed by atoms with Gasteiger partial charge in [-0.2, -0.15) is 0 Å². The van der Waals surface area contributed by atoms with Crippen LogP contribution >= 0.6 is 0 Å². The van der Waals surface area contributed by atoms with Crippen molar-refractivity contribution < 1.29 is 23.8 Å². The molecule has 0 aliphatic carbocycles. The van der Waals surface area contributed by atoms with E-state index < -0.39 is 0 Å². The Bertz CT molecular complexity index is 1120. The lowest BCUT2D eigenvalue weighted by atomic mass is 9.93. The quantitative estimate of drug-likeness (QED) is 0.335. The number of aryl methyl sites for hydroxylation is 4. The fourth-order valence-electron chi connectivity index (χ4n) is 4.64. The molecule has 37 heavy (non-hydrogen) atoms. The summed E-state index contributed by atoms with van der Waals surface area (Å²) >= 11 is 0. The Labute approximate surface area is 218 Å². The van der Waals surface area contributed by atoms with Crippen molar-refractivity contribution >= 4 is 11.8 Å². The number of carbonyl (C=O) groups is 2. The smallest absolute Gasteiger partial charge is 0.243 e. The number of carbonyl (C=O) groups excluding carboxylic acids is 2. The highest BCUT2D eigenvalue weighted by molar-refractivity contribution is 5.87. The second-order valence-electron chi connectivity index (χ2n) is 9.84. The maximum Gasteiger partial charge on any atom is 0.243 e. The van der Waals surface area contributed by atoms with Crippen LogP contribution in [0.5, 0.6) is 0 Å². The van der Waals surface area contributed by atoms with Crippen molar-refractivity contribution in [3.8, 4) is 0 Å². The number of ether oxygens (including phenoxy) is 3. The summed E-state index contributed by atoms with van der Waals surface area (Å²) in [6, 6.07) is 8.51. The molecule has 7 nitrogen and oxygen atoms in total. The molecule has 0 aromatic heterocycles. The van der Waals surface area contributed by atoms with Crippen LogP contribution in [-0.4, -0.2) is 37.2 Å². The number of rotatable bonds is 12. The number of epoxide rings is 2. The zero-order valence-corrected chi connectivity index (χ0v) is 22.1. The van der Waals surface area contributed by atoms with Crippen LogP contribution < -0.4 is 10.6 Å². The van der Waals surface area contributed by atoms with Crippen LogP contribution in [0, 0.1) is 27.7 Å². The Morgan fingerprint density at radius 2 is 1.19 bits per heavy atom. The Morgan fingerprint density at radius 1 is 0.811 bits per heavy atom. The molecule has 2 heterocycles. The zero-order chi connectivity index (χ0) is 26.7. The molecule has 0 saturated carbocycles. The minimum atomic E-state index is -0.240. The van der Waals surface area contributed by atoms with Crippen LogP contribution in [0.15, 0.2) is 49.6 Å². The molecule has 4 rings (SSSR count). The first-order chi connectivity index (χ1) is 17.7. The van der Waals surface area contributed by atoms with Crippen LogP contribution in [0.2, 0.25) is 0 Å². The molecule has 0 radical (unpaired) electrons. The van der Waals surface area contributed by atoms with E-state index in [1.165, 1.54) is 12.2 Å². The predicted octanol–water partition coefficient (Wildman–Crippen LogP) is 4.12. The molecule has 2 aliphatic heterocycles. The first-order valence-electron chi connectivity index (χ1n) is 12.6. The van der Waals surface area contributed by atoms with Crippen molar-refractivity contribution in [1.29, 1.82) is 0 Å². The van der Waals surface area contributed by atoms with Gasteiger partial charge in [0.2, 0.25) is 11.8 Å².